The Labute approximate surface area is 158 Å². The van der Waals surface area contributed by atoms with Crippen LogP contribution in [0.2, 0.25) is 5.02 Å². The molecule has 0 aliphatic heterocycles. The first kappa shape index (κ1) is 14.8. The molecule has 0 bridgehead atoms. The van der Waals surface area contributed by atoms with Gasteiger partial charge in [0.25, 0.3) is 0 Å². The summed E-state index contributed by atoms with van der Waals surface area (Å²) in [6.07, 6.45) is 0. The number of benzene rings is 4. The normalized spacial score (nSPS) is 11.9. The molecular weight excluding hydrogens is 358 g/mol. The van der Waals surface area contributed by atoms with Crippen LogP contribution in [0.25, 0.3) is 55.3 Å². The minimum Gasteiger partial charge on any atom is -0.454 e. The third-order valence-corrected chi connectivity index (χ3v) is 5.32. The molecule has 0 aliphatic rings. The van der Waals surface area contributed by atoms with E-state index in [9.17, 15) is 0 Å². The van der Waals surface area contributed by atoms with E-state index in [1.54, 1.807) is 0 Å². The van der Waals surface area contributed by atoms with E-state index in [1.807, 2.05) is 48.5 Å². The Morgan fingerprint density at radius 3 is 2.44 bits per heavy atom. The molecule has 4 heteroatoms. The Morgan fingerprint density at radius 1 is 0.704 bits per heavy atom. The van der Waals surface area contributed by atoms with E-state index in [1.165, 1.54) is 5.39 Å². The van der Waals surface area contributed by atoms with E-state index in [2.05, 4.69) is 29.2 Å². The molecule has 0 saturated carbocycles. The van der Waals surface area contributed by atoms with Gasteiger partial charge in [-0.05, 0) is 35.0 Å². The predicted molar refractivity (Wildman–Crippen MR) is 109 cm³/mol. The highest BCUT2D eigenvalue weighted by Crippen LogP contribution is 2.39. The third-order valence-electron chi connectivity index (χ3n) is 4.97. The van der Waals surface area contributed by atoms with Crippen molar-refractivity contribution < 1.29 is 8.83 Å². The Balaban J connectivity index is 1.62. The van der Waals surface area contributed by atoms with Crippen LogP contribution in [0.4, 0.5) is 0 Å². The van der Waals surface area contributed by atoms with Crippen LogP contribution < -0.4 is 0 Å². The fraction of sp³-hybridized carbons (Fsp3) is 0. The van der Waals surface area contributed by atoms with Crippen LogP contribution in [-0.2, 0) is 0 Å². The smallest absolute Gasteiger partial charge is 0.227 e. The lowest BCUT2D eigenvalue weighted by Crippen LogP contribution is -1.79. The Morgan fingerprint density at radius 2 is 1.52 bits per heavy atom. The van der Waals surface area contributed by atoms with Crippen LogP contribution in [-0.4, -0.2) is 4.98 Å². The van der Waals surface area contributed by atoms with Crippen LogP contribution in [0.3, 0.4) is 0 Å². The SMILES string of the molecule is Clc1c2nc(-c3ccc4ccccc4c3)oc2cc2c1oc1ccccc12. The summed E-state index contributed by atoms with van der Waals surface area (Å²) in [4.78, 5) is 4.65. The molecule has 27 heavy (non-hydrogen) atoms. The first-order chi connectivity index (χ1) is 13.3. The summed E-state index contributed by atoms with van der Waals surface area (Å²) in [6, 6.07) is 24.2. The highest BCUT2D eigenvalue weighted by atomic mass is 35.5. The Hall–Kier alpha value is -3.30. The van der Waals surface area contributed by atoms with Gasteiger partial charge in [0.05, 0.1) is 0 Å². The van der Waals surface area contributed by atoms with Crippen LogP contribution in [0.5, 0.6) is 0 Å². The van der Waals surface area contributed by atoms with Crippen LogP contribution in [0.1, 0.15) is 0 Å². The number of furan rings is 1. The summed E-state index contributed by atoms with van der Waals surface area (Å²) < 4.78 is 12.0. The van der Waals surface area contributed by atoms with Crippen molar-refractivity contribution in [3.8, 4) is 11.5 Å². The molecule has 2 aromatic heterocycles. The molecule has 2 heterocycles. The summed E-state index contributed by atoms with van der Waals surface area (Å²) in [5.41, 5.74) is 3.64. The summed E-state index contributed by atoms with van der Waals surface area (Å²) in [5.74, 6) is 0.551. The summed E-state index contributed by atoms with van der Waals surface area (Å²) in [6.45, 7) is 0. The van der Waals surface area contributed by atoms with Gasteiger partial charge in [0.2, 0.25) is 5.89 Å². The molecule has 0 fully saturated rings. The fourth-order valence-electron chi connectivity index (χ4n) is 3.64. The van der Waals surface area contributed by atoms with Gasteiger partial charge >= 0.3 is 0 Å². The van der Waals surface area contributed by atoms with Crippen LogP contribution in [0, 0.1) is 0 Å². The average molecular weight is 370 g/mol. The third kappa shape index (κ3) is 2.12. The maximum atomic E-state index is 6.63. The largest absolute Gasteiger partial charge is 0.454 e. The van der Waals surface area contributed by atoms with Gasteiger partial charge in [-0.15, -0.1) is 0 Å². The molecule has 0 saturated heterocycles. The second-order valence-electron chi connectivity index (χ2n) is 6.59. The summed E-state index contributed by atoms with van der Waals surface area (Å²) in [7, 11) is 0. The number of halogens is 1. The molecule has 6 aromatic rings. The van der Waals surface area contributed by atoms with Gasteiger partial charge in [0.15, 0.2) is 11.2 Å². The van der Waals surface area contributed by atoms with Gasteiger partial charge in [0.1, 0.15) is 16.1 Å². The van der Waals surface area contributed by atoms with Gasteiger partial charge in [-0.3, -0.25) is 0 Å². The highest BCUT2D eigenvalue weighted by molar-refractivity contribution is 6.40. The quantitative estimate of drug-likeness (QED) is 0.307. The van der Waals surface area contributed by atoms with E-state index in [0.717, 1.165) is 27.3 Å². The minimum absolute atomic E-state index is 0.481. The molecule has 0 atom stereocenters. The topological polar surface area (TPSA) is 39.2 Å². The second-order valence-corrected chi connectivity index (χ2v) is 6.97. The standard InChI is InChI=1S/C23H12ClNO2/c24-20-21-19(12-17-16-7-3-4-8-18(16)26-22(17)20)27-23(25-21)15-10-9-13-5-1-2-6-14(13)11-15/h1-12H. The predicted octanol–water partition coefficient (Wildman–Crippen LogP) is 7.20. The van der Waals surface area contributed by atoms with Crippen molar-refractivity contribution in [2.75, 3.05) is 0 Å². The van der Waals surface area contributed by atoms with Crippen molar-refractivity contribution in [1.29, 1.82) is 0 Å². The van der Waals surface area contributed by atoms with E-state index >= 15 is 0 Å². The molecule has 6 rings (SSSR count). The highest BCUT2D eigenvalue weighted by Gasteiger charge is 2.18. The molecular formula is C23H12ClNO2. The van der Waals surface area contributed by atoms with Gasteiger partial charge in [-0.1, -0.05) is 60.1 Å². The molecule has 0 unspecified atom stereocenters. The lowest BCUT2D eigenvalue weighted by Gasteiger charge is -1.99. The maximum Gasteiger partial charge on any atom is 0.227 e. The number of fused-ring (bicyclic) bond motifs is 5. The zero-order valence-corrected chi connectivity index (χ0v) is 14.8. The maximum absolute atomic E-state index is 6.63. The number of rotatable bonds is 1. The first-order valence-electron chi connectivity index (χ1n) is 8.67. The van der Waals surface area contributed by atoms with Crippen molar-refractivity contribution in [3.05, 3.63) is 77.8 Å². The Kier molecular flexibility index (Phi) is 2.94. The number of aromatic nitrogens is 1. The first-order valence-corrected chi connectivity index (χ1v) is 9.05. The van der Waals surface area contributed by atoms with Crippen molar-refractivity contribution in [3.63, 3.8) is 0 Å². The molecule has 0 radical (unpaired) electrons. The lowest BCUT2D eigenvalue weighted by atomic mass is 10.1. The molecule has 4 aromatic carbocycles. The molecule has 0 amide bonds. The summed E-state index contributed by atoms with van der Waals surface area (Å²) >= 11 is 6.63. The number of nitrogens with zero attached hydrogens (tertiary/aromatic N) is 1. The molecule has 0 spiro atoms. The monoisotopic (exact) mass is 369 g/mol. The number of para-hydroxylation sites is 1. The van der Waals surface area contributed by atoms with E-state index < -0.39 is 0 Å². The number of hydrogen-bond acceptors (Lipinski definition) is 3. The minimum atomic E-state index is 0.481. The lowest BCUT2D eigenvalue weighted by molar-refractivity contribution is 0.620. The van der Waals surface area contributed by atoms with Crippen molar-refractivity contribution in [1.82, 2.24) is 4.98 Å². The van der Waals surface area contributed by atoms with E-state index in [0.29, 0.717) is 27.6 Å². The molecule has 128 valence electrons. The molecule has 0 aliphatic carbocycles. The van der Waals surface area contributed by atoms with Crippen molar-refractivity contribution in [2.24, 2.45) is 0 Å². The van der Waals surface area contributed by atoms with Gasteiger partial charge in [-0.25, -0.2) is 4.98 Å². The van der Waals surface area contributed by atoms with Gasteiger partial charge < -0.3 is 8.83 Å². The number of hydrogen-bond donors (Lipinski definition) is 0. The van der Waals surface area contributed by atoms with E-state index in [-0.39, 0.29) is 0 Å². The van der Waals surface area contributed by atoms with Crippen molar-refractivity contribution >= 4 is 55.4 Å². The summed E-state index contributed by atoms with van der Waals surface area (Å²) in [5, 5.41) is 4.75. The average Bonchev–Trinajstić information content (AvgIpc) is 3.30. The zero-order chi connectivity index (χ0) is 18.0. The molecule has 3 nitrogen and oxygen atoms in total. The van der Waals surface area contributed by atoms with E-state index in [4.69, 9.17) is 20.4 Å². The van der Waals surface area contributed by atoms with Crippen molar-refractivity contribution in [2.45, 2.75) is 0 Å². The van der Waals surface area contributed by atoms with Gasteiger partial charge in [-0.2, -0.15) is 0 Å². The zero-order valence-electron chi connectivity index (χ0n) is 14.1. The number of oxazole rings is 1. The van der Waals surface area contributed by atoms with Crippen LogP contribution >= 0.6 is 11.6 Å². The molecule has 0 N–H and O–H groups in total. The Bertz CT molecular complexity index is 1490. The van der Waals surface area contributed by atoms with Gasteiger partial charge in [0, 0.05) is 16.3 Å². The second kappa shape index (κ2) is 5.35. The van der Waals surface area contributed by atoms with Crippen LogP contribution in [0.15, 0.2) is 81.6 Å². The fourth-order valence-corrected chi connectivity index (χ4v) is 3.92.